The molecule has 0 spiro atoms. The fraction of sp³-hybridized carbons (Fsp3) is 0.706. The van der Waals surface area contributed by atoms with Crippen LogP contribution >= 0.6 is 7.82 Å². The van der Waals surface area contributed by atoms with Gasteiger partial charge in [0.05, 0.1) is 6.61 Å². The molecule has 2 aliphatic rings. The number of imide groups is 1. The molecule has 1 fully saturated rings. The van der Waals surface area contributed by atoms with E-state index in [9.17, 15) is 23.8 Å². The third-order valence-electron chi connectivity index (χ3n) is 4.86. The van der Waals surface area contributed by atoms with Crippen LogP contribution in [0.5, 0.6) is 0 Å². The van der Waals surface area contributed by atoms with Crippen LogP contribution in [0.4, 0.5) is 0 Å². The number of hydrogen-bond donors (Lipinski definition) is 2. The van der Waals surface area contributed by atoms with Crippen LogP contribution in [0.2, 0.25) is 0 Å². The minimum absolute atomic E-state index is 0.00556. The molecule has 11 nitrogen and oxygen atoms in total. The van der Waals surface area contributed by atoms with E-state index in [1.54, 1.807) is 0 Å². The second-order valence-corrected chi connectivity index (χ2v) is 8.40. The molecule has 166 valence electrons. The molecular weight excluding hydrogens is 418 g/mol. The predicted octanol–water partition coefficient (Wildman–Crippen LogP) is -0.514. The Balaban J connectivity index is 1.78. The zero-order valence-electron chi connectivity index (χ0n) is 16.9. The zero-order chi connectivity index (χ0) is 22.3. The topological polar surface area (TPSA) is 141 Å². The number of phosphoric acid groups is 1. The predicted molar refractivity (Wildman–Crippen MR) is 104 cm³/mol. The van der Waals surface area contributed by atoms with Crippen LogP contribution in [-0.4, -0.2) is 87.5 Å². The molecule has 0 aromatic heterocycles. The van der Waals surface area contributed by atoms with Crippen molar-refractivity contribution in [1.29, 1.82) is 0 Å². The maximum atomic E-state index is 11.9. The van der Waals surface area contributed by atoms with Crippen LogP contribution in [0.3, 0.4) is 0 Å². The van der Waals surface area contributed by atoms with E-state index in [1.165, 1.54) is 7.11 Å². The third kappa shape index (κ3) is 6.73. The normalized spacial score (nSPS) is 28.2. The first kappa shape index (κ1) is 24.7. The van der Waals surface area contributed by atoms with Gasteiger partial charge in [-0.3, -0.25) is 28.3 Å². The maximum Gasteiger partial charge on any atom is 0.472 e. The fourth-order valence-corrected chi connectivity index (χ4v) is 4.02. The number of hydrogen-bond acceptors (Lipinski definition) is 8. The number of methoxy groups -OCH3 is 1. The van der Waals surface area contributed by atoms with Crippen molar-refractivity contribution in [1.82, 2.24) is 10.2 Å². The molecule has 0 bridgehead atoms. The smallest absolute Gasteiger partial charge is 0.382 e. The van der Waals surface area contributed by atoms with Crippen molar-refractivity contribution < 1.29 is 42.4 Å². The molecule has 5 atom stereocenters. The molecule has 0 aromatic rings. The van der Waals surface area contributed by atoms with Gasteiger partial charge in [-0.1, -0.05) is 0 Å². The van der Waals surface area contributed by atoms with Gasteiger partial charge in [0.15, 0.2) is 0 Å². The molecule has 2 radical (unpaired) electrons. The number of amides is 3. The largest absolute Gasteiger partial charge is 0.472 e. The SMILES string of the molecule is [B][C@@H]1O[C@H](COC)C(OP(=O)(O)OC)[C@@H]1CCCNC(=O)CCN1C(=O)C=CC1=O. The summed E-state index contributed by atoms with van der Waals surface area (Å²) in [5.74, 6) is -1.59. The summed E-state index contributed by atoms with van der Waals surface area (Å²) in [5, 5.41) is 2.70. The lowest BCUT2D eigenvalue weighted by atomic mass is 9.82. The van der Waals surface area contributed by atoms with E-state index in [-0.39, 0.29) is 25.5 Å². The summed E-state index contributed by atoms with van der Waals surface area (Å²) in [5.41, 5.74) is 0. The van der Waals surface area contributed by atoms with Gasteiger partial charge in [-0.25, -0.2) is 4.57 Å². The lowest BCUT2D eigenvalue weighted by Crippen LogP contribution is -2.35. The van der Waals surface area contributed by atoms with Gasteiger partial charge < -0.3 is 19.7 Å². The van der Waals surface area contributed by atoms with E-state index in [4.69, 9.17) is 21.8 Å². The van der Waals surface area contributed by atoms with Crippen molar-refractivity contribution in [3.05, 3.63) is 12.2 Å². The van der Waals surface area contributed by atoms with Crippen LogP contribution in [0.15, 0.2) is 12.2 Å². The minimum atomic E-state index is -4.26. The molecule has 3 amide bonds. The van der Waals surface area contributed by atoms with E-state index < -0.39 is 43.8 Å². The van der Waals surface area contributed by atoms with Gasteiger partial charge in [0.25, 0.3) is 11.8 Å². The lowest BCUT2D eigenvalue weighted by molar-refractivity contribution is -0.137. The molecular formula is C17H26BN2O9P. The third-order valence-corrected chi connectivity index (χ3v) is 5.83. The summed E-state index contributed by atoms with van der Waals surface area (Å²) in [7, 11) is 4.27. The van der Waals surface area contributed by atoms with Gasteiger partial charge in [-0.2, -0.15) is 0 Å². The van der Waals surface area contributed by atoms with E-state index in [0.717, 1.165) is 24.2 Å². The van der Waals surface area contributed by atoms with Gasteiger partial charge in [0.1, 0.15) is 20.1 Å². The summed E-state index contributed by atoms with van der Waals surface area (Å²) >= 11 is 0. The standard InChI is InChI=1S/C17H26BN2O9P/c1-26-10-12-16(29-30(24,25)27-2)11(17(18)28-12)4-3-8-19-13(21)7-9-20-14(22)5-6-15(20)23/h5-6,11-12,16-17H,3-4,7-10H2,1-2H3,(H,19,21)(H,24,25)/t11-,12+,16?,17+/m0/s1. The number of carbonyl (C=O) groups is 3. The summed E-state index contributed by atoms with van der Waals surface area (Å²) in [6, 6.07) is -0.734. The highest BCUT2D eigenvalue weighted by atomic mass is 31.2. The highest BCUT2D eigenvalue weighted by Gasteiger charge is 2.45. The molecule has 30 heavy (non-hydrogen) atoms. The average Bonchev–Trinajstić information content (AvgIpc) is 3.16. The van der Waals surface area contributed by atoms with Crippen LogP contribution < -0.4 is 5.32 Å². The first-order chi connectivity index (χ1) is 14.2. The Morgan fingerprint density at radius 3 is 2.60 bits per heavy atom. The molecule has 2 heterocycles. The molecule has 0 aromatic carbocycles. The van der Waals surface area contributed by atoms with Crippen LogP contribution in [0, 0.1) is 5.92 Å². The van der Waals surface area contributed by atoms with E-state index in [2.05, 4.69) is 9.84 Å². The van der Waals surface area contributed by atoms with Gasteiger partial charge >= 0.3 is 7.82 Å². The molecule has 2 rings (SSSR count). The molecule has 2 N–H and O–H groups in total. The number of rotatable bonds is 12. The Hall–Kier alpha value is -1.56. The Kier molecular flexibility index (Phi) is 9.20. The van der Waals surface area contributed by atoms with Gasteiger partial charge in [-0.15, -0.1) is 0 Å². The summed E-state index contributed by atoms with van der Waals surface area (Å²) in [6.45, 7) is 0.443. The average molecular weight is 444 g/mol. The molecule has 1 saturated heterocycles. The number of phosphoric ester groups is 1. The summed E-state index contributed by atoms with van der Waals surface area (Å²) in [4.78, 5) is 45.5. The second kappa shape index (κ2) is 11.2. The Morgan fingerprint density at radius 2 is 2.00 bits per heavy atom. The number of ether oxygens (including phenoxy) is 2. The van der Waals surface area contributed by atoms with Crippen molar-refractivity contribution in [2.24, 2.45) is 5.92 Å². The van der Waals surface area contributed by atoms with Crippen molar-refractivity contribution in [3.8, 4) is 0 Å². The van der Waals surface area contributed by atoms with Crippen LogP contribution in [0.25, 0.3) is 0 Å². The minimum Gasteiger partial charge on any atom is -0.382 e. The highest BCUT2D eigenvalue weighted by Crippen LogP contribution is 2.48. The Labute approximate surface area is 176 Å². The van der Waals surface area contributed by atoms with Gasteiger partial charge in [0.2, 0.25) is 5.91 Å². The Bertz CT molecular complexity index is 701. The second-order valence-electron chi connectivity index (χ2n) is 6.88. The summed E-state index contributed by atoms with van der Waals surface area (Å²) in [6.07, 6.45) is 1.82. The summed E-state index contributed by atoms with van der Waals surface area (Å²) < 4.78 is 32.2. The van der Waals surface area contributed by atoms with Crippen molar-refractivity contribution in [3.63, 3.8) is 0 Å². The lowest BCUT2D eigenvalue weighted by Gasteiger charge is -2.25. The van der Waals surface area contributed by atoms with Crippen molar-refractivity contribution in [2.45, 2.75) is 37.5 Å². The van der Waals surface area contributed by atoms with Crippen LogP contribution in [0.1, 0.15) is 19.3 Å². The molecule has 2 unspecified atom stereocenters. The van der Waals surface area contributed by atoms with Gasteiger partial charge in [-0.05, 0) is 12.8 Å². The Morgan fingerprint density at radius 1 is 1.33 bits per heavy atom. The highest BCUT2D eigenvalue weighted by molar-refractivity contribution is 7.47. The van der Waals surface area contributed by atoms with Crippen molar-refractivity contribution >= 4 is 33.4 Å². The monoisotopic (exact) mass is 444 g/mol. The molecule has 13 heteroatoms. The van der Waals surface area contributed by atoms with E-state index in [1.807, 2.05) is 0 Å². The first-order valence-electron chi connectivity index (χ1n) is 9.45. The number of nitrogens with one attached hydrogen (secondary N) is 1. The zero-order valence-corrected chi connectivity index (χ0v) is 17.8. The first-order valence-corrected chi connectivity index (χ1v) is 10.9. The molecule has 2 aliphatic heterocycles. The molecule has 0 saturated carbocycles. The van der Waals surface area contributed by atoms with Gasteiger partial charge in [0, 0.05) is 57.8 Å². The number of carbonyl (C=O) groups excluding carboxylic acids is 3. The van der Waals surface area contributed by atoms with Crippen molar-refractivity contribution in [2.75, 3.05) is 33.9 Å². The fourth-order valence-electron chi connectivity index (χ4n) is 3.33. The van der Waals surface area contributed by atoms with E-state index >= 15 is 0 Å². The van der Waals surface area contributed by atoms with Crippen LogP contribution in [-0.2, 0) is 37.5 Å². The number of nitrogens with zero attached hydrogens (tertiary/aromatic N) is 1. The quantitative estimate of drug-likeness (QED) is 0.176. The molecule has 0 aliphatic carbocycles. The van der Waals surface area contributed by atoms with E-state index in [0.29, 0.717) is 19.4 Å². The maximum absolute atomic E-state index is 11.9.